The van der Waals surface area contributed by atoms with Crippen molar-refractivity contribution >= 4 is 11.6 Å². The molecular formula is C17H17N3O. The van der Waals surface area contributed by atoms with Crippen molar-refractivity contribution in [3.8, 4) is 6.07 Å². The molecule has 2 rings (SSSR count). The zero-order chi connectivity index (χ0) is 15.2. The van der Waals surface area contributed by atoms with E-state index in [2.05, 4.69) is 16.4 Å². The number of aromatic nitrogens is 1. The van der Waals surface area contributed by atoms with E-state index in [1.54, 1.807) is 18.5 Å². The van der Waals surface area contributed by atoms with Crippen LogP contribution in [0.5, 0.6) is 0 Å². The number of nitrogens with zero attached hydrogens (tertiary/aromatic N) is 2. The maximum Gasteiger partial charge on any atom is 0.242 e. The van der Waals surface area contributed by atoms with Crippen LogP contribution in [0.1, 0.15) is 16.7 Å². The molecule has 0 bridgehead atoms. The lowest BCUT2D eigenvalue weighted by Gasteiger charge is -2.11. The zero-order valence-electron chi connectivity index (χ0n) is 12.1. The number of aryl methyl sites for hydroxylation is 2. The van der Waals surface area contributed by atoms with Gasteiger partial charge in [0, 0.05) is 18.1 Å². The summed E-state index contributed by atoms with van der Waals surface area (Å²) >= 11 is 0. The zero-order valence-corrected chi connectivity index (χ0v) is 12.1. The Bertz CT molecular complexity index is 654. The van der Waals surface area contributed by atoms with Gasteiger partial charge >= 0.3 is 0 Å². The smallest absolute Gasteiger partial charge is 0.242 e. The number of nitriles is 1. The molecule has 1 unspecified atom stereocenters. The van der Waals surface area contributed by atoms with Gasteiger partial charge in [0.15, 0.2) is 0 Å². The fourth-order valence-corrected chi connectivity index (χ4v) is 2.23. The number of anilines is 1. The molecule has 21 heavy (non-hydrogen) atoms. The summed E-state index contributed by atoms with van der Waals surface area (Å²) in [7, 11) is 0. The van der Waals surface area contributed by atoms with Crippen LogP contribution >= 0.6 is 0 Å². The monoisotopic (exact) mass is 279 g/mol. The van der Waals surface area contributed by atoms with Crippen molar-refractivity contribution in [3.05, 3.63) is 59.4 Å². The van der Waals surface area contributed by atoms with Gasteiger partial charge in [-0.25, -0.2) is 0 Å². The average Bonchev–Trinajstić information content (AvgIpc) is 2.44. The lowest BCUT2D eigenvalue weighted by Crippen LogP contribution is -2.23. The van der Waals surface area contributed by atoms with Gasteiger partial charge in [0.2, 0.25) is 5.91 Å². The lowest BCUT2D eigenvalue weighted by molar-refractivity contribution is -0.118. The maximum absolute atomic E-state index is 12.2. The number of carbonyl (C=O) groups excluding carboxylic acids is 1. The van der Waals surface area contributed by atoms with Gasteiger partial charge in [0.05, 0.1) is 6.07 Å². The quantitative estimate of drug-likeness (QED) is 0.935. The molecule has 0 fully saturated rings. The molecule has 0 spiro atoms. The highest BCUT2D eigenvalue weighted by Crippen LogP contribution is 2.16. The standard InChI is InChI=1S/C17H17N3O/c1-12-6-13(2)8-16(7-12)20-17(21)15(10-18)9-14-4-3-5-19-11-14/h3-8,11,15H,9H2,1-2H3,(H,20,21). The summed E-state index contributed by atoms with van der Waals surface area (Å²) < 4.78 is 0. The number of pyridine rings is 1. The van der Waals surface area contributed by atoms with Gasteiger partial charge in [-0.1, -0.05) is 12.1 Å². The Morgan fingerprint density at radius 3 is 2.62 bits per heavy atom. The molecule has 4 heteroatoms. The second-order valence-electron chi connectivity index (χ2n) is 5.11. The fraction of sp³-hybridized carbons (Fsp3) is 0.235. The molecular weight excluding hydrogens is 262 g/mol. The van der Waals surface area contributed by atoms with Crippen molar-refractivity contribution in [1.82, 2.24) is 4.98 Å². The number of benzene rings is 1. The van der Waals surface area contributed by atoms with E-state index in [-0.39, 0.29) is 5.91 Å². The summed E-state index contributed by atoms with van der Waals surface area (Å²) in [6.07, 6.45) is 3.70. The van der Waals surface area contributed by atoms with Crippen molar-refractivity contribution in [2.24, 2.45) is 5.92 Å². The minimum Gasteiger partial charge on any atom is -0.325 e. The molecule has 2 aromatic rings. The summed E-state index contributed by atoms with van der Waals surface area (Å²) in [5, 5.41) is 12.0. The maximum atomic E-state index is 12.2. The molecule has 1 N–H and O–H groups in total. The topological polar surface area (TPSA) is 65.8 Å². The Balaban J connectivity index is 2.08. The van der Waals surface area contributed by atoms with Crippen molar-refractivity contribution in [2.75, 3.05) is 5.32 Å². The van der Waals surface area contributed by atoms with E-state index in [0.717, 1.165) is 22.4 Å². The van der Waals surface area contributed by atoms with Crippen LogP contribution in [0.4, 0.5) is 5.69 Å². The molecule has 0 radical (unpaired) electrons. The van der Waals surface area contributed by atoms with Crippen LogP contribution in [0, 0.1) is 31.1 Å². The molecule has 1 aromatic carbocycles. The molecule has 0 aliphatic heterocycles. The summed E-state index contributed by atoms with van der Waals surface area (Å²) in [4.78, 5) is 16.2. The largest absolute Gasteiger partial charge is 0.325 e. The van der Waals surface area contributed by atoms with E-state index in [9.17, 15) is 10.1 Å². The molecule has 1 amide bonds. The normalized spacial score (nSPS) is 11.5. The van der Waals surface area contributed by atoms with E-state index in [1.165, 1.54) is 0 Å². The van der Waals surface area contributed by atoms with E-state index >= 15 is 0 Å². The molecule has 1 aromatic heterocycles. The van der Waals surface area contributed by atoms with Gasteiger partial charge < -0.3 is 5.32 Å². The predicted molar refractivity (Wildman–Crippen MR) is 81.6 cm³/mol. The average molecular weight is 279 g/mol. The van der Waals surface area contributed by atoms with Crippen LogP contribution in [-0.4, -0.2) is 10.9 Å². The van der Waals surface area contributed by atoms with Gasteiger partial charge in [-0.2, -0.15) is 5.26 Å². The Kier molecular flexibility index (Phi) is 4.68. The minimum absolute atomic E-state index is 0.286. The van der Waals surface area contributed by atoms with Crippen molar-refractivity contribution < 1.29 is 4.79 Å². The number of rotatable bonds is 4. The molecule has 1 heterocycles. The molecule has 0 saturated carbocycles. The molecule has 106 valence electrons. The second-order valence-corrected chi connectivity index (χ2v) is 5.11. The van der Waals surface area contributed by atoms with Gasteiger partial charge in [0.25, 0.3) is 0 Å². The van der Waals surface area contributed by atoms with Crippen molar-refractivity contribution in [1.29, 1.82) is 5.26 Å². The lowest BCUT2D eigenvalue weighted by atomic mass is 10.0. The van der Waals surface area contributed by atoms with Crippen LogP contribution in [0.25, 0.3) is 0 Å². The Labute approximate surface area is 124 Å². The van der Waals surface area contributed by atoms with Crippen LogP contribution in [0.15, 0.2) is 42.7 Å². The van der Waals surface area contributed by atoms with Gasteiger partial charge in [0.1, 0.15) is 5.92 Å². The van der Waals surface area contributed by atoms with E-state index in [0.29, 0.717) is 6.42 Å². The third-order valence-corrected chi connectivity index (χ3v) is 3.12. The van der Waals surface area contributed by atoms with Crippen molar-refractivity contribution in [2.45, 2.75) is 20.3 Å². The van der Waals surface area contributed by atoms with E-state index in [4.69, 9.17) is 0 Å². The number of nitrogens with one attached hydrogen (secondary N) is 1. The van der Waals surface area contributed by atoms with E-state index < -0.39 is 5.92 Å². The molecule has 0 aliphatic rings. The fourth-order valence-electron chi connectivity index (χ4n) is 2.23. The third-order valence-electron chi connectivity index (χ3n) is 3.12. The summed E-state index contributed by atoms with van der Waals surface area (Å²) in [6, 6.07) is 11.5. The van der Waals surface area contributed by atoms with Gasteiger partial charge in [-0.05, 0) is 55.2 Å². The highest BCUT2D eigenvalue weighted by Gasteiger charge is 2.18. The number of carbonyl (C=O) groups is 1. The van der Waals surface area contributed by atoms with Crippen molar-refractivity contribution in [3.63, 3.8) is 0 Å². The Morgan fingerprint density at radius 2 is 2.05 bits per heavy atom. The molecule has 1 atom stereocenters. The third kappa shape index (κ3) is 4.15. The molecule has 4 nitrogen and oxygen atoms in total. The van der Waals surface area contributed by atoms with Crippen LogP contribution in [0.2, 0.25) is 0 Å². The van der Waals surface area contributed by atoms with Crippen LogP contribution < -0.4 is 5.32 Å². The molecule has 0 saturated heterocycles. The molecule has 0 aliphatic carbocycles. The first-order valence-electron chi connectivity index (χ1n) is 6.76. The van der Waals surface area contributed by atoms with E-state index in [1.807, 2.05) is 38.1 Å². The number of hydrogen-bond donors (Lipinski definition) is 1. The number of amides is 1. The Morgan fingerprint density at radius 1 is 1.33 bits per heavy atom. The minimum atomic E-state index is -0.727. The first-order chi connectivity index (χ1) is 10.1. The first kappa shape index (κ1) is 14.7. The van der Waals surface area contributed by atoms with Crippen LogP contribution in [-0.2, 0) is 11.2 Å². The summed E-state index contributed by atoms with van der Waals surface area (Å²) in [5.41, 5.74) is 3.75. The van der Waals surface area contributed by atoms with Gasteiger partial charge in [-0.15, -0.1) is 0 Å². The predicted octanol–water partition coefficient (Wildman–Crippen LogP) is 3.02. The SMILES string of the molecule is Cc1cc(C)cc(NC(=O)C(C#N)Cc2cccnc2)c1. The van der Waals surface area contributed by atoms with Gasteiger partial charge in [-0.3, -0.25) is 9.78 Å². The highest BCUT2D eigenvalue weighted by molar-refractivity contribution is 5.94. The number of hydrogen-bond acceptors (Lipinski definition) is 3. The highest BCUT2D eigenvalue weighted by atomic mass is 16.1. The summed E-state index contributed by atoms with van der Waals surface area (Å²) in [5.74, 6) is -1.01. The van der Waals surface area contributed by atoms with Crippen LogP contribution in [0.3, 0.4) is 0 Å². The Hall–Kier alpha value is -2.67. The second kappa shape index (κ2) is 6.67. The first-order valence-corrected chi connectivity index (χ1v) is 6.76. The summed E-state index contributed by atoms with van der Waals surface area (Å²) in [6.45, 7) is 3.94.